The van der Waals surface area contributed by atoms with Gasteiger partial charge in [0.25, 0.3) is 0 Å². The molecule has 0 radical (unpaired) electrons. The highest BCUT2D eigenvalue weighted by Crippen LogP contribution is 2.37. The number of hydrogen-bond donors (Lipinski definition) is 3. The highest BCUT2D eigenvalue weighted by molar-refractivity contribution is 5.19. The van der Waals surface area contributed by atoms with Gasteiger partial charge in [0.2, 0.25) is 0 Å². The SMILES string of the molecule is NC1CCC2NNC(c3ccncc3)C2C1. The Kier molecular flexibility index (Phi) is 2.63. The van der Waals surface area contributed by atoms with Crippen molar-refractivity contribution < 1.29 is 0 Å². The number of nitrogens with two attached hydrogens (primary N) is 1. The van der Waals surface area contributed by atoms with Gasteiger partial charge in [-0.2, -0.15) is 0 Å². The number of aromatic nitrogens is 1. The average molecular weight is 218 g/mol. The minimum absolute atomic E-state index is 0.368. The zero-order chi connectivity index (χ0) is 11.0. The maximum Gasteiger partial charge on any atom is 0.0507 e. The Morgan fingerprint density at radius 2 is 2.00 bits per heavy atom. The van der Waals surface area contributed by atoms with Gasteiger partial charge in [-0.15, -0.1) is 0 Å². The van der Waals surface area contributed by atoms with Gasteiger partial charge in [0, 0.05) is 24.5 Å². The van der Waals surface area contributed by atoms with Crippen molar-refractivity contribution >= 4 is 0 Å². The smallest absolute Gasteiger partial charge is 0.0507 e. The Bertz CT molecular complexity index is 353. The van der Waals surface area contributed by atoms with Gasteiger partial charge < -0.3 is 5.73 Å². The van der Waals surface area contributed by atoms with Crippen molar-refractivity contribution in [2.24, 2.45) is 11.7 Å². The van der Waals surface area contributed by atoms with Crippen LogP contribution in [0, 0.1) is 5.92 Å². The van der Waals surface area contributed by atoms with Crippen molar-refractivity contribution in [1.29, 1.82) is 0 Å². The molecular weight excluding hydrogens is 200 g/mol. The molecule has 4 N–H and O–H groups in total. The molecule has 1 aliphatic heterocycles. The standard InChI is InChI=1S/C12H18N4/c13-9-1-2-11-10(7-9)12(16-15-11)8-3-5-14-6-4-8/h3-6,9-12,15-16H,1-2,7,13H2. The van der Waals surface area contributed by atoms with Gasteiger partial charge in [0.1, 0.15) is 0 Å². The van der Waals surface area contributed by atoms with Crippen LogP contribution in [-0.2, 0) is 0 Å². The Morgan fingerprint density at radius 3 is 2.81 bits per heavy atom. The molecule has 4 unspecified atom stereocenters. The fraction of sp³-hybridized carbons (Fsp3) is 0.583. The molecule has 1 aliphatic carbocycles. The van der Waals surface area contributed by atoms with E-state index in [4.69, 9.17) is 5.73 Å². The van der Waals surface area contributed by atoms with Gasteiger partial charge in [0.15, 0.2) is 0 Å². The van der Waals surface area contributed by atoms with E-state index < -0.39 is 0 Å². The third kappa shape index (κ3) is 1.73. The minimum Gasteiger partial charge on any atom is -0.328 e. The first-order chi connectivity index (χ1) is 7.84. The number of hydrogen-bond acceptors (Lipinski definition) is 4. The predicted octanol–water partition coefficient (Wildman–Crippen LogP) is 0.727. The Labute approximate surface area is 95.6 Å². The normalized spacial score (nSPS) is 38.3. The summed E-state index contributed by atoms with van der Waals surface area (Å²) in [6, 6.07) is 5.51. The van der Waals surface area contributed by atoms with Crippen molar-refractivity contribution in [2.75, 3.05) is 0 Å². The number of hydrazine groups is 1. The van der Waals surface area contributed by atoms with Crippen LogP contribution in [-0.4, -0.2) is 17.1 Å². The second-order valence-corrected chi connectivity index (χ2v) is 4.89. The van der Waals surface area contributed by atoms with Gasteiger partial charge in [-0.25, -0.2) is 5.43 Å². The van der Waals surface area contributed by atoms with Crippen LogP contribution in [0.4, 0.5) is 0 Å². The number of pyridine rings is 1. The quantitative estimate of drug-likeness (QED) is 0.650. The summed E-state index contributed by atoms with van der Waals surface area (Å²) in [5, 5.41) is 0. The summed E-state index contributed by atoms with van der Waals surface area (Å²) in [7, 11) is 0. The monoisotopic (exact) mass is 218 g/mol. The lowest BCUT2D eigenvalue weighted by Crippen LogP contribution is -2.39. The van der Waals surface area contributed by atoms with E-state index in [0.29, 0.717) is 24.0 Å². The number of nitrogens with zero attached hydrogens (tertiary/aromatic N) is 1. The average Bonchev–Trinajstić information content (AvgIpc) is 2.73. The van der Waals surface area contributed by atoms with E-state index in [-0.39, 0.29) is 0 Å². The lowest BCUT2D eigenvalue weighted by atomic mass is 9.78. The molecule has 2 aliphatic rings. The molecule has 1 saturated heterocycles. The van der Waals surface area contributed by atoms with Crippen molar-refractivity contribution in [3.05, 3.63) is 30.1 Å². The van der Waals surface area contributed by atoms with Gasteiger partial charge in [-0.1, -0.05) is 0 Å². The third-order valence-corrected chi connectivity index (χ3v) is 3.86. The van der Waals surface area contributed by atoms with E-state index in [1.54, 1.807) is 0 Å². The molecule has 1 aromatic heterocycles. The van der Waals surface area contributed by atoms with E-state index in [1.807, 2.05) is 12.4 Å². The molecule has 0 aromatic carbocycles. The Hall–Kier alpha value is -0.970. The van der Waals surface area contributed by atoms with E-state index >= 15 is 0 Å². The number of nitrogens with one attached hydrogen (secondary N) is 2. The molecule has 16 heavy (non-hydrogen) atoms. The highest BCUT2D eigenvalue weighted by atomic mass is 15.4. The number of fused-ring (bicyclic) bond motifs is 1. The van der Waals surface area contributed by atoms with Crippen LogP contribution in [0.25, 0.3) is 0 Å². The van der Waals surface area contributed by atoms with Crippen LogP contribution in [0.5, 0.6) is 0 Å². The lowest BCUT2D eigenvalue weighted by molar-refractivity contribution is 0.279. The molecule has 4 nitrogen and oxygen atoms in total. The number of rotatable bonds is 1. The zero-order valence-electron chi connectivity index (χ0n) is 9.26. The molecule has 3 rings (SSSR count). The molecule has 2 fully saturated rings. The Morgan fingerprint density at radius 1 is 1.19 bits per heavy atom. The van der Waals surface area contributed by atoms with Crippen molar-refractivity contribution in [2.45, 2.75) is 37.4 Å². The summed E-state index contributed by atoms with van der Waals surface area (Å²) in [5.41, 5.74) is 14.2. The lowest BCUT2D eigenvalue weighted by Gasteiger charge is -2.31. The predicted molar refractivity (Wildman–Crippen MR) is 62.4 cm³/mol. The summed E-state index contributed by atoms with van der Waals surface area (Å²) in [4.78, 5) is 4.06. The van der Waals surface area contributed by atoms with Crippen LogP contribution in [0.15, 0.2) is 24.5 Å². The van der Waals surface area contributed by atoms with Gasteiger partial charge in [-0.3, -0.25) is 10.4 Å². The molecule has 0 bridgehead atoms. The van der Waals surface area contributed by atoms with Crippen LogP contribution in [0.1, 0.15) is 30.9 Å². The van der Waals surface area contributed by atoms with E-state index in [2.05, 4.69) is 28.0 Å². The molecule has 1 saturated carbocycles. The maximum atomic E-state index is 6.06. The van der Waals surface area contributed by atoms with E-state index in [0.717, 1.165) is 12.8 Å². The van der Waals surface area contributed by atoms with Crippen LogP contribution in [0.2, 0.25) is 0 Å². The molecule has 86 valence electrons. The molecule has 0 spiro atoms. The first-order valence-corrected chi connectivity index (χ1v) is 6.01. The topological polar surface area (TPSA) is 63.0 Å². The minimum atomic E-state index is 0.368. The van der Waals surface area contributed by atoms with Crippen molar-refractivity contribution in [3.63, 3.8) is 0 Å². The van der Waals surface area contributed by atoms with Gasteiger partial charge >= 0.3 is 0 Å². The van der Waals surface area contributed by atoms with Crippen molar-refractivity contribution in [3.8, 4) is 0 Å². The summed E-state index contributed by atoms with van der Waals surface area (Å²) in [6.07, 6.45) is 7.14. The maximum absolute atomic E-state index is 6.06. The first kappa shape index (κ1) is 10.2. The second-order valence-electron chi connectivity index (χ2n) is 4.89. The summed E-state index contributed by atoms with van der Waals surface area (Å²) in [5.74, 6) is 0.617. The molecule has 1 aromatic rings. The van der Waals surface area contributed by atoms with Gasteiger partial charge in [0.05, 0.1) is 6.04 Å². The Balaban J connectivity index is 1.82. The van der Waals surface area contributed by atoms with Crippen LogP contribution >= 0.6 is 0 Å². The molecular formula is C12H18N4. The second kappa shape index (κ2) is 4.13. The van der Waals surface area contributed by atoms with E-state index in [1.165, 1.54) is 12.0 Å². The summed E-state index contributed by atoms with van der Waals surface area (Å²) in [6.45, 7) is 0. The fourth-order valence-electron chi connectivity index (χ4n) is 2.99. The van der Waals surface area contributed by atoms with E-state index in [9.17, 15) is 0 Å². The first-order valence-electron chi connectivity index (χ1n) is 6.01. The van der Waals surface area contributed by atoms with Crippen molar-refractivity contribution in [1.82, 2.24) is 15.8 Å². The molecule has 2 heterocycles. The summed E-state index contributed by atoms with van der Waals surface area (Å²) < 4.78 is 0. The molecule has 4 atom stereocenters. The summed E-state index contributed by atoms with van der Waals surface area (Å²) >= 11 is 0. The van der Waals surface area contributed by atoms with Crippen LogP contribution in [0.3, 0.4) is 0 Å². The van der Waals surface area contributed by atoms with Crippen LogP contribution < -0.4 is 16.6 Å². The highest BCUT2D eigenvalue weighted by Gasteiger charge is 2.39. The van der Waals surface area contributed by atoms with Gasteiger partial charge in [-0.05, 0) is 42.9 Å². The zero-order valence-corrected chi connectivity index (χ0v) is 9.26. The molecule has 4 heteroatoms. The largest absolute Gasteiger partial charge is 0.328 e. The third-order valence-electron chi connectivity index (χ3n) is 3.86. The fourth-order valence-corrected chi connectivity index (χ4v) is 2.99. The molecule has 0 amide bonds.